The lowest BCUT2D eigenvalue weighted by Gasteiger charge is -2.33. The molecule has 4 nitrogen and oxygen atoms in total. The van der Waals surface area contributed by atoms with Gasteiger partial charge in [0.1, 0.15) is 11.9 Å². The normalized spacial score (nSPS) is 18.5. The van der Waals surface area contributed by atoms with Crippen LogP contribution in [0.5, 0.6) is 0 Å². The summed E-state index contributed by atoms with van der Waals surface area (Å²) in [5, 5.41) is 0. The number of nitrogens with zero attached hydrogens (tertiary/aromatic N) is 1. The highest BCUT2D eigenvalue weighted by atomic mass is 35.5. The molecule has 0 aliphatic carbocycles. The lowest BCUT2D eigenvalue weighted by Crippen LogP contribution is -2.42. The standard InChI is InChI=1S/C14H19FN2O2.ClH/c15-12-5-3-11(4-6-12)13-10-17(8-9-19-13)14(18)2-1-7-16;/h3-6,13H,1-2,7-10,16H2;1H. The van der Waals surface area contributed by atoms with E-state index in [0.717, 1.165) is 5.56 Å². The van der Waals surface area contributed by atoms with Gasteiger partial charge in [-0.05, 0) is 30.7 Å². The molecule has 0 bridgehead atoms. The molecule has 2 rings (SSSR count). The number of carbonyl (C=O) groups excluding carboxylic acids is 1. The second-order valence-electron chi connectivity index (χ2n) is 4.64. The summed E-state index contributed by atoms with van der Waals surface area (Å²) < 4.78 is 18.5. The van der Waals surface area contributed by atoms with E-state index in [2.05, 4.69) is 0 Å². The fourth-order valence-electron chi connectivity index (χ4n) is 2.17. The van der Waals surface area contributed by atoms with Gasteiger partial charge in [0, 0.05) is 13.0 Å². The number of benzene rings is 1. The van der Waals surface area contributed by atoms with Gasteiger partial charge in [0.25, 0.3) is 0 Å². The Morgan fingerprint density at radius 1 is 1.40 bits per heavy atom. The molecule has 1 aromatic carbocycles. The predicted molar refractivity (Wildman–Crippen MR) is 77.2 cm³/mol. The number of hydrogen-bond acceptors (Lipinski definition) is 3. The Bertz CT molecular complexity index is 428. The smallest absolute Gasteiger partial charge is 0.222 e. The van der Waals surface area contributed by atoms with Crippen molar-refractivity contribution in [2.75, 3.05) is 26.2 Å². The lowest BCUT2D eigenvalue weighted by molar-refractivity contribution is -0.139. The molecular weight excluding hydrogens is 283 g/mol. The lowest BCUT2D eigenvalue weighted by atomic mass is 10.1. The van der Waals surface area contributed by atoms with Crippen molar-refractivity contribution in [2.45, 2.75) is 18.9 Å². The van der Waals surface area contributed by atoms with Gasteiger partial charge in [-0.1, -0.05) is 12.1 Å². The minimum absolute atomic E-state index is 0. The van der Waals surface area contributed by atoms with Crippen LogP contribution in [-0.4, -0.2) is 37.0 Å². The summed E-state index contributed by atoms with van der Waals surface area (Å²) in [5.74, 6) is -0.156. The average Bonchev–Trinajstić information content (AvgIpc) is 2.45. The highest BCUT2D eigenvalue weighted by molar-refractivity contribution is 5.85. The quantitative estimate of drug-likeness (QED) is 0.924. The van der Waals surface area contributed by atoms with Crippen LogP contribution in [0.4, 0.5) is 4.39 Å². The molecule has 1 saturated heterocycles. The van der Waals surface area contributed by atoms with Crippen molar-refractivity contribution in [1.29, 1.82) is 0 Å². The first-order valence-corrected chi connectivity index (χ1v) is 6.55. The number of carbonyl (C=O) groups is 1. The average molecular weight is 303 g/mol. The first-order valence-electron chi connectivity index (χ1n) is 6.55. The molecule has 0 spiro atoms. The summed E-state index contributed by atoms with van der Waals surface area (Å²) in [5.41, 5.74) is 6.31. The Morgan fingerprint density at radius 2 is 2.10 bits per heavy atom. The van der Waals surface area contributed by atoms with Crippen LogP contribution in [0.25, 0.3) is 0 Å². The molecule has 0 radical (unpaired) electrons. The van der Waals surface area contributed by atoms with E-state index in [1.807, 2.05) is 0 Å². The van der Waals surface area contributed by atoms with E-state index in [9.17, 15) is 9.18 Å². The highest BCUT2D eigenvalue weighted by Gasteiger charge is 2.24. The molecule has 1 atom stereocenters. The van der Waals surface area contributed by atoms with Crippen molar-refractivity contribution < 1.29 is 13.9 Å². The van der Waals surface area contributed by atoms with Crippen LogP contribution in [0.3, 0.4) is 0 Å². The monoisotopic (exact) mass is 302 g/mol. The topological polar surface area (TPSA) is 55.6 Å². The van der Waals surface area contributed by atoms with Crippen LogP contribution in [-0.2, 0) is 9.53 Å². The first kappa shape index (κ1) is 16.9. The van der Waals surface area contributed by atoms with Crippen molar-refractivity contribution in [1.82, 2.24) is 4.90 Å². The van der Waals surface area contributed by atoms with Gasteiger partial charge in [-0.3, -0.25) is 4.79 Å². The van der Waals surface area contributed by atoms with E-state index in [4.69, 9.17) is 10.5 Å². The Kier molecular flexibility index (Phi) is 6.91. The zero-order chi connectivity index (χ0) is 13.7. The summed E-state index contributed by atoms with van der Waals surface area (Å²) in [7, 11) is 0. The van der Waals surface area contributed by atoms with Gasteiger partial charge in [-0.15, -0.1) is 12.4 Å². The Labute approximate surface area is 124 Å². The van der Waals surface area contributed by atoms with Gasteiger partial charge in [-0.2, -0.15) is 0 Å². The SMILES string of the molecule is Cl.NCCCC(=O)N1CCOC(c2ccc(F)cc2)C1. The number of nitrogens with two attached hydrogens (primary N) is 1. The molecule has 1 fully saturated rings. The van der Waals surface area contributed by atoms with Crippen LogP contribution >= 0.6 is 12.4 Å². The minimum atomic E-state index is -0.268. The van der Waals surface area contributed by atoms with Crippen molar-refractivity contribution in [2.24, 2.45) is 5.73 Å². The Morgan fingerprint density at radius 3 is 2.75 bits per heavy atom. The fourth-order valence-corrected chi connectivity index (χ4v) is 2.17. The van der Waals surface area contributed by atoms with Gasteiger partial charge in [0.15, 0.2) is 0 Å². The van der Waals surface area contributed by atoms with Gasteiger partial charge in [-0.25, -0.2) is 4.39 Å². The molecule has 112 valence electrons. The van der Waals surface area contributed by atoms with Gasteiger partial charge in [0.2, 0.25) is 5.91 Å². The largest absolute Gasteiger partial charge is 0.370 e. The van der Waals surface area contributed by atoms with Gasteiger partial charge in [0.05, 0.1) is 13.2 Å². The molecule has 20 heavy (non-hydrogen) atoms. The third-order valence-electron chi connectivity index (χ3n) is 3.26. The molecule has 1 aromatic rings. The van der Waals surface area contributed by atoms with Crippen LogP contribution < -0.4 is 5.73 Å². The maximum Gasteiger partial charge on any atom is 0.222 e. The Hall–Kier alpha value is -1.17. The Balaban J connectivity index is 0.00000200. The van der Waals surface area contributed by atoms with Crippen molar-refractivity contribution in [3.8, 4) is 0 Å². The second kappa shape index (κ2) is 8.19. The molecule has 1 heterocycles. The summed E-state index contributed by atoms with van der Waals surface area (Å²) in [6.45, 7) is 2.17. The first-order chi connectivity index (χ1) is 9.20. The van der Waals surface area contributed by atoms with E-state index in [0.29, 0.717) is 39.1 Å². The molecular formula is C14H20ClFN2O2. The number of halogens is 2. The molecule has 1 unspecified atom stereocenters. The van der Waals surface area contributed by atoms with E-state index in [-0.39, 0.29) is 30.2 Å². The molecule has 1 aliphatic rings. The summed E-state index contributed by atoms with van der Waals surface area (Å²) in [4.78, 5) is 13.7. The summed E-state index contributed by atoms with van der Waals surface area (Å²) >= 11 is 0. The third-order valence-corrected chi connectivity index (χ3v) is 3.26. The molecule has 6 heteroatoms. The van der Waals surface area contributed by atoms with Gasteiger partial charge < -0.3 is 15.4 Å². The van der Waals surface area contributed by atoms with Crippen molar-refractivity contribution in [3.63, 3.8) is 0 Å². The summed E-state index contributed by atoms with van der Waals surface area (Å²) in [6.07, 6.45) is 1.01. The zero-order valence-corrected chi connectivity index (χ0v) is 12.1. The summed E-state index contributed by atoms with van der Waals surface area (Å²) in [6, 6.07) is 6.23. The number of ether oxygens (including phenoxy) is 1. The van der Waals surface area contributed by atoms with Crippen LogP contribution in [0.1, 0.15) is 24.5 Å². The molecule has 1 aliphatic heterocycles. The number of rotatable bonds is 4. The molecule has 0 aromatic heterocycles. The fraction of sp³-hybridized carbons (Fsp3) is 0.500. The van der Waals surface area contributed by atoms with Crippen LogP contribution in [0.2, 0.25) is 0 Å². The number of hydrogen-bond donors (Lipinski definition) is 1. The van der Waals surface area contributed by atoms with E-state index in [1.54, 1.807) is 17.0 Å². The predicted octanol–water partition coefficient (Wildman–Crippen LogP) is 1.89. The second-order valence-corrected chi connectivity index (χ2v) is 4.64. The highest BCUT2D eigenvalue weighted by Crippen LogP contribution is 2.22. The van der Waals surface area contributed by atoms with Crippen LogP contribution in [0.15, 0.2) is 24.3 Å². The maximum atomic E-state index is 12.9. The minimum Gasteiger partial charge on any atom is -0.370 e. The molecule has 2 N–H and O–H groups in total. The number of amides is 1. The zero-order valence-electron chi connectivity index (χ0n) is 11.3. The van der Waals surface area contributed by atoms with Crippen molar-refractivity contribution >= 4 is 18.3 Å². The third kappa shape index (κ3) is 4.44. The van der Waals surface area contributed by atoms with Crippen LogP contribution in [0, 0.1) is 5.82 Å². The molecule has 0 saturated carbocycles. The van der Waals surface area contributed by atoms with Crippen molar-refractivity contribution in [3.05, 3.63) is 35.6 Å². The van der Waals surface area contributed by atoms with Gasteiger partial charge >= 0.3 is 0 Å². The number of morpholine rings is 1. The van der Waals surface area contributed by atoms with E-state index < -0.39 is 0 Å². The molecule has 1 amide bonds. The van der Waals surface area contributed by atoms with E-state index >= 15 is 0 Å². The van der Waals surface area contributed by atoms with E-state index in [1.165, 1.54) is 12.1 Å². The maximum absolute atomic E-state index is 12.9.